The van der Waals surface area contributed by atoms with Gasteiger partial charge < -0.3 is 14.6 Å². The number of carboxylic acids is 1. The van der Waals surface area contributed by atoms with Crippen molar-refractivity contribution in [1.82, 2.24) is 14.1 Å². The van der Waals surface area contributed by atoms with Gasteiger partial charge in [0.25, 0.3) is 5.56 Å². The van der Waals surface area contributed by atoms with Crippen LogP contribution in [0.1, 0.15) is 11.3 Å². The minimum atomic E-state index is -4.97. The zero-order valence-electron chi connectivity index (χ0n) is 17.8. The second kappa shape index (κ2) is 10.2. The number of hydrogen-bond donors (Lipinski definition) is 1. The van der Waals surface area contributed by atoms with E-state index in [4.69, 9.17) is 26.2 Å². The molecule has 1 aromatic carbocycles. The molecule has 2 heterocycles. The average Bonchev–Trinajstić information content (AvgIpc) is 2.77. The summed E-state index contributed by atoms with van der Waals surface area (Å²) >= 11 is 6.00. The summed E-state index contributed by atoms with van der Waals surface area (Å²) in [7, 11) is 0.796. The third-order valence-corrected chi connectivity index (χ3v) is 4.96. The van der Waals surface area contributed by atoms with Crippen molar-refractivity contribution < 1.29 is 36.9 Å². The van der Waals surface area contributed by atoms with Gasteiger partial charge in [-0.3, -0.25) is 9.36 Å². The molecule has 3 rings (SSSR count). The number of alkyl halides is 3. The van der Waals surface area contributed by atoms with E-state index in [0.29, 0.717) is 5.56 Å². The predicted molar refractivity (Wildman–Crippen MR) is 114 cm³/mol. The smallest absolute Gasteiger partial charge is 0.431 e. The van der Waals surface area contributed by atoms with Crippen LogP contribution in [0.25, 0.3) is 5.69 Å². The van der Waals surface area contributed by atoms with Crippen molar-refractivity contribution in [2.75, 3.05) is 13.2 Å². The Balaban J connectivity index is 1.90. The van der Waals surface area contributed by atoms with Crippen LogP contribution >= 0.6 is 11.6 Å². The molecule has 0 amide bonds. The molecule has 1 N–H and O–H groups in total. The molecule has 0 fully saturated rings. The van der Waals surface area contributed by atoms with Crippen LogP contribution in [-0.4, -0.2) is 38.4 Å². The molecule has 186 valence electrons. The number of carboxylic acid groups (broad SMARTS) is 1. The van der Waals surface area contributed by atoms with Gasteiger partial charge in [-0.25, -0.2) is 23.5 Å². The van der Waals surface area contributed by atoms with E-state index in [0.717, 1.165) is 19.2 Å². The fourth-order valence-corrected chi connectivity index (χ4v) is 3.27. The first kappa shape index (κ1) is 25.7. The first-order chi connectivity index (χ1) is 16.4. The molecule has 0 radical (unpaired) electrons. The molecule has 9 nitrogen and oxygen atoms in total. The van der Waals surface area contributed by atoms with E-state index < -0.39 is 47.2 Å². The van der Waals surface area contributed by atoms with Crippen LogP contribution in [0, 0.1) is 5.82 Å². The summed E-state index contributed by atoms with van der Waals surface area (Å²) in [5.74, 6) is -2.44. The van der Waals surface area contributed by atoms with Crippen LogP contribution < -0.4 is 20.7 Å². The van der Waals surface area contributed by atoms with Gasteiger partial charge in [0.15, 0.2) is 6.61 Å². The van der Waals surface area contributed by atoms with Crippen LogP contribution in [-0.2, 0) is 24.4 Å². The Kier molecular flexibility index (Phi) is 7.48. The summed E-state index contributed by atoms with van der Waals surface area (Å²) in [6.45, 7) is -0.714. The standard InChI is InChI=1S/C21H16ClF4N3O6/c1-28-16(21(24,25)26)9-17(30)29(20(28)33)14-8-15(12(22)7-13(14)23)34-6-4-11-3-2-5-27-19(11)35-10-18(31)32/h2-3,5,7-9H,4,6,10H2,1H3,(H,31,32). The number of hydrogen-bond acceptors (Lipinski definition) is 6. The van der Waals surface area contributed by atoms with Crippen LogP contribution in [0.5, 0.6) is 11.6 Å². The highest BCUT2D eigenvalue weighted by molar-refractivity contribution is 6.32. The molecule has 0 spiro atoms. The van der Waals surface area contributed by atoms with Gasteiger partial charge in [-0.1, -0.05) is 17.7 Å². The van der Waals surface area contributed by atoms with Gasteiger partial charge in [0.1, 0.15) is 17.3 Å². The lowest BCUT2D eigenvalue weighted by Gasteiger charge is -2.16. The molecule has 0 saturated carbocycles. The summed E-state index contributed by atoms with van der Waals surface area (Å²) < 4.78 is 64.8. The maximum Gasteiger partial charge on any atom is 0.431 e. The molecule has 0 aliphatic heterocycles. The van der Waals surface area contributed by atoms with E-state index in [1.807, 2.05) is 0 Å². The fourth-order valence-electron chi connectivity index (χ4n) is 3.07. The number of halogens is 5. The first-order valence-electron chi connectivity index (χ1n) is 9.71. The summed E-state index contributed by atoms with van der Waals surface area (Å²) in [5.41, 5.74) is -4.49. The molecule has 0 bridgehead atoms. The molecule has 2 aromatic heterocycles. The predicted octanol–water partition coefficient (Wildman–Crippen LogP) is 2.83. The third-order valence-electron chi connectivity index (χ3n) is 4.66. The number of aromatic nitrogens is 3. The van der Waals surface area contributed by atoms with E-state index in [-0.39, 0.29) is 44.9 Å². The third kappa shape index (κ3) is 5.80. The first-order valence-corrected chi connectivity index (χ1v) is 10.1. The molecule has 0 saturated heterocycles. The van der Waals surface area contributed by atoms with Crippen molar-refractivity contribution in [3.05, 3.63) is 79.5 Å². The van der Waals surface area contributed by atoms with Crippen molar-refractivity contribution in [3.8, 4) is 17.3 Å². The summed E-state index contributed by atoms with van der Waals surface area (Å²) in [6, 6.07) is 5.03. The normalized spacial score (nSPS) is 11.4. The largest absolute Gasteiger partial charge is 0.492 e. The Morgan fingerprint density at radius 3 is 2.57 bits per heavy atom. The molecule has 0 aliphatic carbocycles. The van der Waals surface area contributed by atoms with E-state index >= 15 is 0 Å². The van der Waals surface area contributed by atoms with Crippen molar-refractivity contribution >= 4 is 17.6 Å². The summed E-state index contributed by atoms with van der Waals surface area (Å²) in [5, 5.41) is 8.52. The highest BCUT2D eigenvalue weighted by Gasteiger charge is 2.35. The van der Waals surface area contributed by atoms with Crippen molar-refractivity contribution in [1.29, 1.82) is 0 Å². The molecule has 14 heteroatoms. The highest BCUT2D eigenvalue weighted by atomic mass is 35.5. The maximum absolute atomic E-state index is 14.6. The average molecular weight is 518 g/mol. The topological polar surface area (TPSA) is 113 Å². The van der Waals surface area contributed by atoms with Gasteiger partial charge in [0.2, 0.25) is 5.88 Å². The second-order valence-corrected chi connectivity index (χ2v) is 7.43. The van der Waals surface area contributed by atoms with Crippen molar-refractivity contribution in [2.24, 2.45) is 7.05 Å². The molecule has 0 unspecified atom stereocenters. The molecular formula is C21H16ClF4N3O6. The lowest BCUT2D eigenvalue weighted by Crippen LogP contribution is -2.41. The van der Waals surface area contributed by atoms with Gasteiger partial charge in [0, 0.05) is 37.4 Å². The number of rotatable bonds is 8. The molecule has 0 atom stereocenters. The molecule has 35 heavy (non-hydrogen) atoms. The minimum Gasteiger partial charge on any atom is -0.492 e. The van der Waals surface area contributed by atoms with Crippen LogP contribution in [0.15, 0.2) is 46.1 Å². The summed E-state index contributed by atoms with van der Waals surface area (Å²) in [4.78, 5) is 39.4. The maximum atomic E-state index is 14.6. The van der Waals surface area contributed by atoms with Gasteiger partial charge in [0.05, 0.1) is 17.3 Å². The lowest BCUT2D eigenvalue weighted by atomic mass is 10.2. The van der Waals surface area contributed by atoms with Crippen molar-refractivity contribution in [2.45, 2.75) is 12.6 Å². The van der Waals surface area contributed by atoms with Crippen molar-refractivity contribution in [3.63, 3.8) is 0 Å². The Bertz CT molecular complexity index is 1390. The molecule has 0 aliphatic rings. The van der Waals surface area contributed by atoms with Crippen LogP contribution in [0.2, 0.25) is 5.02 Å². The SMILES string of the molecule is Cn1c(C(F)(F)F)cc(=O)n(-c2cc(OCCc3cccnc3OCC(=O)O)c(Cl)cc2F)c1=O. The number of aliphatic carboxylic acids is 1. The monoisotopic (exact) mass is 517 g/mol. The highest BCUT2D eigenvalue weighted by Crippen LogP contribution is 2.30. The van der Waals surface area contributed by atoms with E-state index in [9.17, 15) is 31.9 Å². The second-order valence-electron chi connectivity index (χ2n) is 7.03. The quantitative estimate of drug-likeness (QED) is 0.457. The zero-order valence-corrected chi connectivity index (χ0v) is 18.6. The van der Waals surface area contributed by atoms with E-state index in [1.165, 1.54) is 6.20 Å². The Morgan fingerprint density at radius 2 is 1.91 bits per heavy atom. The van der Waals surface area contributed by atoms with E-state index in [1.54, 1.807) is 12.1 Å². The Morgan fingerprint density at radius 1 is 1.20 bits per heavy atom. The minimum absolute atomic E-state index is 0.0594. The zero-order chi connectivity index (χ0) is 25.9. The number of nitrogens with zero attached hydrogens (tertiary/aromatic N) is 3. The van der Waals surface area contributed by atoms with Gasteiger partial charge >= 0.3 is 17.8 Å². The molecule has 3 aromatic rings. The van der Waals surface area contributed by atoms with Gasteiger partial charge in [-0.2, -0.15) is 13.2 Å². The fraction of sp³-hybridized carbons (Fsp3) is 0.238. The van der Waals surface area contributed by atoms with E-state index in [2.05, 4.69) is 4.98 Å². The Labute approximate surface area is 198 Å². The lowest BCUT2D eigenvalue weighted by molar-refractivity contribution is -0.144. The van der Waals surface area contributed by atoms with Crippen LogP contribution in [0.3, 0.4) is 0 Å². The van der Waals surface area contributed by atoms with Gasteiger partial charge in [-0.15, -0.1) is 0 Å². The molecular weight excluding hydrogens is 502 g/mol. The number of carbonyl (C=O) groups is 1. The Hall–Kier alpha value is -3.87. The number of pyridine rings is 1. The number of ether oxygens (including phenoxy) is 2. The van der Waals surface area contributed by atoms with Gasteiger partial charge in [-0.05, 0) is 12.1 Å². The number of benzene rings is 1. The summed E-state index contributed by atoms with van der Waals surface area (Å²) in [6.07, 6.45) is -3.43. The van der Waals surface area contributed by atoms with Crippen LogP contribution in [0.4, 0.5) is 17.6 Å².